The highest BCUT2D eigenvalue weighted by atomic mass is 32.1. The lowest BCUT2D eigenvalue weighted by Crippen LogP contribution is -2.44. The van der Waals surface area contributed by atoms with Crippen molar-refractivity contribution in [2.45, 2.75) is 51.6 Å². The maximum Gasteiger partial charge on any atom is 0.261 e. The predicted octanol–water partition coefficient (Wildman–Crippen LogP) is 4.82. The number of benzene rings is 1. The fraction of sp³-hybridized carbons (Fsp3) is 0.478. The Hall–Kier alpha value is -2.25. The van der Waals surface area contributed by atoms with E-state index < -0.39 is 0 Å². The van der Waals surface area contributed by atoms with Gasteiger partial charge < -0.3 is 5.32 Å². The summed E-state index contributed by atoms with van der Waals surface area (Å²) in [7, 11) is 1.83. The number of rotatable bonds is 6. The average molecular weight is 429 g/mol. The van der Waals surface area contributed by atoms with Crippen LogP contribution in [0.15, 0.2) is 30.3 Å². The third-order valence-corrected chi connectivity index (χ3v) is 7.32. The van der Waals surface area contributed by atoms with E-state index in [9.17, 15) is 9.18 Å². The van der Waals surface area contributed by atoms with Gasteiger partial charge in [0.1, 0.15) is 16.3 Å². The molecule has 2 aromatic heterocycles. The molecule has 0 radical (unpaired) electrons. The van der Waals surface area contributed by atoms with E-state index in [0.29, 0.717) is 34.8 Å². The summed E-state index contributed by atoms with van der Waals surface area (Å²) < 4.78 is 16.0. The van der Waals surface area contributed by atoms with Crippen LogP contribution >= 0.6 is 11.3 Å². The van der Waals surface area contributed by atoms with Crippen LogP contribution in [0, 0.1) is 5.82 Å². The van der Waals surface area contributed by atoms with Crippen molar-refractivity contribution in [1.82, 2.24) is 20.0 Å². The van der Waals surface area contributed by atoms with Crippen LogP contribution in [0.5, 0.6) is 0 Å². The second-order valence-electron chi connectivity index (χ2n) is 8.26. The average Bonchev–Trinajstić information content (AvgIpc) is 3.28. The molecule has 0 bridgehead atoms. The quantitative estimate of drug-likeness (QED) is 0.573. The van der Waals surface area contributed by atoms with Crippen LogP contribution in [0.2, 0.25) is 0 Å². The Morgan fingerprint density at radius 1 is 1.27 bits per heavy atom. The lowest BCUT2D eigenvalue weighted by atomic mass is 9.97. The van der Waals surface area contributed by atoms with E-state index in [0.717, 1.165) is 23.2 Å². The molecule has 30 heavy (non-hydrogen) atoms. The highest BCUT2D eigenvalue weighted by Crippen LogP contribution is 2.34. The third-order valence-electron chi connectivity index (χ3n) is 6.12. The first kappa shape index (κ1) is 21.0. The van der Waals surface area contributed by atoms with Gasteiger partial charge in [-0.3, -0.25) is 14.4 Å². The number of aryl methyl sites for hydroxylation is 1. The Morgan fingerprint density at radius 3 is 2.73 bits per heavy atom. The molecule has 3 aromatic rings. The minimum absolute atomic E-state index is 0.0737. The summed E-state index contributed by atoms with van der Waals surface area (Å²) in [5.41, 5.74) is 1.03. The van der Waals surface area contributed by atoms with E-state index in [1.54, 1.807) is 22.9 Å². The monoisotopic (exact) mass is 428 g/mol. The number of fused-ring (bicyclic) bond motifs is 1. The van der Waals surface area contributed by atoms with Gasteiger partial charge in [0.15, 0.2) is 0 Å². The molecule has 4 rings (SSSR count). The normalized spacial score (nSPS) is 20.0. The standard InChI is InChI=1S/C23H29FN4OS/c1-15-8-6-9-16(2)28(15)13-7-12-25-22(29)20-14-18-21(26-27(3)23(18)30-20)17-10-4-5-11-19(17)24/h4-5,10-11,14-16H,6-9,12-13H2,1-3H3,(H,25,29)/t15-,16-/m1/s1. The van der Waals surface area contributed by atoms with Crippen molar-refractivity contribution < 1.29 is 9.18 Å². The van der Waals surface area contributed by atoms with Crippen molar-refractivity contribution >= 4 is 27.5 Å². The highest BCUT2D eigenvalue weighted by Gasteiger charge is 2.24. The van der Waals surface area contributed by atoms with Gasteiger partial charge in [-0.05, 0) is 51.3 Å². The number of hydrogen-bond donors (Lipinski definition) is 1. The molecular formula is C23H29FN4OS. The van der Waals surface area contributed by atoms with Crippen LogP contribution in [0.25, 0.3) is 21.5 Å². The number of halogens is 1. The molecule has 1 aliphatic rings. The molecule has 3 heterocycles. The molecule has 2 atom stereocenters. The first-order chi connectivity index (χ1) is 14.5. The van der Waals surface area contributed by atoms with Gasteiger partial charge in [-0.15, -0.1) is 11.3 Å². The number of nitrogens with one attached hydrogen (secondary N) is 1. The number of amides is 1. The van der Waals surface area contributed by atoms with Crippen LogP contribution in [0.3, 0.4) is 0 Å². The largest absolute Gasteiger partial charge is 0.351 e. The van der Waals surface area contributed by atoms with E-state index >= 15 is 0 Å². The molecule has 1 aliphatic heterocycles. The highest BCUT2D eigenvalue weighted by molar-refractivity contribution is 7.20. The van der Waals surface area contributed by atoms with Gasteiger partial charge in [0.2, 0.25) is 0 Å². The minimum atomic E-state index is -0.309. The molecular weight excluding hydrogens is 399 g/mol. The zero-order chi connectivity index (χ0) is 21.3. The van der Waals surface area contributed by atoms with Gasteiger partial charge in [0, 0.05) is 43.2 Å². The van der Waals surface area contributed by atoms with Crippen molar-refractivity contribution in [2.75, 3.05) is 13.1 Å². The summed E-state index contributed by atoms with van der Waals surface area (Å²) in [6, 6.07) is 9.68. The van der Waals surface area contributed by atoms with Crippen LogP contribution in [-0.4, -0.2) is 45.8 Å². The summed E-state index contributed by atoms with van der Waals surface area (Å²) in [6.45, 7) is 6.26. The predicted molar refractivity (Wildman–Crippen MR) is 120 cm³/mol. The molecule has 1 N–H and O–H groups in total. The maximum absolute atomic E-state index is 14.3. The fourth-order valence-corrected chi connectivity index (χ4v) is 5.46. The molecule has 1 amide bonds. The summed E-state index contributed by atoms with van der Waals surface area (Å²) in [5.74, 6) is -0.383. The summed E-state index contributed by atoms with van der Waals surface area (Å²) in [6.07, 6.45) is 4.77. The number of piperidine rings is 1. The molecule has 0 aliphatic carbocycles. The van der Waals surface area contributed by atoms with Gasteiger partial charge in [-0.1, -0.05) is 18.6 Å². The van der Waals surface area contributed by atoms with Crippen LogP contribution < -0.4 is 5.32 Å². The van der Waals surface area contributed by atoms with Crippen LogP contribution in [-0.2, 0) is 7.05 Å². The molecule has 160 valence electrons. The Morgan fingerprint density at radius 2 is 2.00 bits per heavy atom. The smallest absolute Gasteiger partial charge is 0.261 e. The summed E-state index contributed by atoms with van der Waals surface area (Å²) in [4.78, 5) is 16.8. The Labute approximate surface area is 180 Å². The van der Waals surface area contributed by atoms with E-state index in [1.165, 1.54) is 36.7 Å². The molecule has 1 saturated heterocycles. The second kappa shape index (κ2) is 8.86. The zero-order valence-electron chi connectivity index (χ0n) is 17.8. The van der Waals surface area contributed by atoms with Gasteiger partial charge in [0.05, 0.1) is 4.88 Å². The van der Waals surface area contributed by atoms with E-state index in [2.05, 4.69) is 29.2 Å². The van der Waals surface area contributed by atoms with Gasteiger partial charge in [0.25, 0.3) is 5.91 Å². The van der Waals surface area contributed by atoms with Crippen LogP contribution in [0.1, 0.15) is 49.2 Å². The van der Waals surface area contributed by atoms with E-state index in [4.69, 9.17) is 0 Å². The first-order valence-corrected chi connectivity index (χ1v) is 11.5. The molecule has 7 heteroatoms. The SMILES string of the molecule is C[C@@H]1CCC[C@@H](C)N1CCCNC(=O)c1cc2c(-c3ccccc3F)nn(C)c2s1. The number of hydrogen-bond acceptors (Lipinski definition) is 4. The Kier molecular flexibility index (Phi) is 6.20. The van der Waals surface area contributed by atoms with Crippen molar-refractivity contribution in [3.05, 3.63) is 41.0 Å². The van der Waals surface area contributed by atoms with E-state index in [1.807, 2.05) is 13.1 Å². The maximum atomic E-state index is 14.3. The molecule has 0 saturated carbocycles. The van der Waals surface area contributed by atoms with Crippen molar-refractivity contribution in [2.24, 2.45) is 7.05 Å². The number of aromatic nitrogens is 2. The number of nitrogens with zero attached hydrogens (tertiary/aromatic N) is 3. The third kappa shape index (κ3) is 4.14. The Bertz CT molecular complexity index is 1030. The van der Waals surface area contributed by atoms with E-state index in [-0.39, 0.29) is 11.7 Å². The van der Waals surface area contributed by atoms with Crippen molar-refractivity contribution in [1.29, 1.82) is 0 Å². The molecule has 0 spiro atoms. The summed E-state index contributed by atoms with van der Waals surface area (Å²) in [5, 5.41) is 8.34. The molecule has 1 fully saturated rings. The number of carbonyl (C=O) groups excluding carboxylic acids is 1. The Balaban J connectivity index is 1.42. The molecule has 0 unspecified atom stereocenters. The summed E-state index contributed by atoms with van der Waals surface area (Å²) >= 11 is 1.40. The lowest BCUT2D eigenvalue weighted by Gasteiger charge is -2.39. The number of thiophene rings is 1. The lowest BCUT2D eigenvalue weighted by molar-refractivity contribution is 0.0929. The molecule has 5 nitrogen and oxygen atoms in total. The number of carbonyl (C=O) groups is 1. The molecule has 1 aromatic carbocycles. The van der Waals surface area contributed by atoms with Gasteiger partial charge in [-0.2, -0.15) is 5.10 Å². The zero-order valence-corrected chi connectivity index (χ0v) is 18.6. The van der Waals surface area contributed by atoms with Gasteiger partial charge in [-0.25, -0.2) is 4.39 Å². The van der Waals surface area contributed by atoms with Crippen molar-refractivity contribution in [3.63, 3.8) is 0 Å². The number of likely N-dealkylation sites (tertiary alicyclic amines) is 1. The van der Waals surface area contributed by atoms with Gasteiger partial charge >= 0.3 is 0 Å². The van der Waals surface area contributed by atoms with Crippen LogP contribution in [0.4, 0.5) is 4.39 Å². The second-order valence-corrected chi connectivity index (χ2v) is 9.29. The fourth-order valence-electron chi connectivity index (χ4n) is 4.47. The minimum Gasteiger partial charge on any atom is -0.351 e. The first-order valence-electron chi connectivity index (χ1n) is 10.7. The topological polar surface area (TPSA) is 50.2 Å². The van der Waals surface area contributed by atoms with Crippen molar-refractivity contribution in [3.8, 4) is 11.3 Å².